The van der Waals surface area contributed by atoms with Crippen molar-refractivity contribution in [1.29, 1.82) is 0 Å². The summed E-state index contributed by atoms with van der Waals surface area (Å²) in [6.07, 6.45) is -2.53. The Kier molecular flexibility index (Phi) is 3.83. The Hall–Kier alpha value is -1.85. The van der Waals surface area contributed by atoms with E-state index >= 15 is 0 Å². The Morgan fingerprint density at radius 2 is 1.95 bits per heavy atom. The van der Waals surface area contributed by atoms with Gasteiger partial charge in [0.1, 0.15) is 6.33 Å². The van der Waals surface area contributed by atoms with Crippen molar-refractivity contribution in [2.75, 3.05) is 0 Å². The lowest BCUT2D eigenvalue weighted by Gasteiger charge is -2.14. The zero-order chi connectivity index (χ0) is 14.9. The number of benzene rings is 1. The van der Waals surface area contributed by atoms with E-state index in [0.717, 1.165) is 23.9 Å². The number of nitrogens with zero attached hydrogens (tertiary/aromatic N) is 3. The molecule has 108 valence electrons. The highest BCUT2D eigenvalue weighted by atomic mass is 19.4. The highest BCUT2D eigenvalue weighted by Crippen LogP contribution is 2.28. The summed E-state index contributed by atoms with van der Waals surface area (Å²) in [7, 11) is 0. The van der Waals surface area contributed by atoms with Gasteiger partial charge >= 0.3 is 6.18 Å². The summed E-state index contributed by atoms with van der Waals surface area (Å²) in [4.78, 5) is 3.33. The minimum Gasteiger partial charge on any atom is -0.220 e. The zero-order valence-electron chi connectivity index (χ0n) is 11.6. The van der Waals surface area contributed by atoms with E-state index in [9.17, 15) is 13.2 Å². The highest BCUT2D eigenvalue weighted by Gasteiger charge is 2.36. The van der Waals surface area contributed by atoms with Gasteiger partial charge in [0.15, 0.2) is 0 Å². The molecule has 0 saturated carbocycles. The van der Waals surface area contributed by atoms with Gasteiger partial charge in [-0.15, -0.1) is 5.10 Å². The van der Waals surface area contributed by atoms with E-state index in [-0.39, 0.29) is 5.92 Å². The molecule has 6 heteroatoms. The largest absolute Gasteiger partial charge is 0.453 e. The van der Waals surface area contributed by atoms with Gasteiger partial charge in [0.2, 0.25) is 0 Å². The van der Waals surface area contributed by atoms with Crippen LogP contribution in [0.4, 0.5) is 13.2 Å². The molecule has 0 bridgehead atoms. The average molecular weight is 283 g/mol. The van der Waals surface area contributed by atoms with Gasteiger partial charge in [0.05, 0.1) is 5.69 Å². The van der Waals surface area contributed by atoms with Crippen LogP contribution < -0.4 is 0 Å². The molecule has 1 aromatic carbocycles. The molecule has 0 radical (unpaired) electrons. The van der Waals surface area contributed by atoms with Gasteiger partial charge in [-0.05, 0) is 29.5 Å². The van der Waals surface area contributed by atoms with Crippen LogP contribution in [0.5, 0.6) is 0 Å². The highest BCUT2D eigenvalue weighted by molar-refractivity contribution is 5.44. The number of aryl methyl sites for hydroxylation is 1. The van der Waals surface area contributed by atoms with Crippen molar-refractivity contribution < 1.29 is 13.2 Å². The van der Waals surface area contributed by atoms with Gasteiger partial charge in [-0.2, -0.15) is 13.2 Å². The van der Waals surface area contributed by atoms with Crippen molar-refractivity contribution in [1.82, 2.24) is 14.8 Å². The van der Waals surface area contributed by atoms with Gasteiger partial charge in [0, 0.05) is 0 Å². The Morgan fingerprint density at radius 1 is 1.25 bits per heavy atom. The molecule has 0 amide bonds. The average Bonchev–Trinajstić information content (AvgIpc) is 2.87. The molecular weight excluding hydrogens is 267 g/mol. The minimum atomic E-state index is -4.52. The molecule has 2 rings (SSSR count). The molecule has 0 spiro atoms. The molecule has 0 fully saturated rings. The van der Waals surface area contributed by atoms with Crippen molar-refractivity contribution in [2.24, 2.45) is 0 Å². The fourth-order valence-electron chi connectivity index (χ4n) is 2.00. The number of halogens is 3. The first kappa shape index (κ1) is 14.6. The lowest BCUT2D eigenvalue weighted by molar-refractivity contribution is -0.144. The molecule has 0 aliphatic carbocycles. The van der Waals surface area contributed by atoms with Crippen molar-refractivity contribution in [2.45, 2.75) is 39.3 Å². The lowest BCUT2D eigenvalue weighted by Crippen LogP contribution is -2.09. The van der Waals surface area contributed by atoms with E-state index in [2.05, 4.69) is 10.1 Å². The zero-order valence-corrected chi connectivity index (χ0v) is 11.6. The summed E-state index contributed by atoms with van der Waals surface area (Å²) >= 11 is 0. The standard InChI is InChI=1S/C14H16F3N3/c1-4-10-5-6-12(11(7-10)9(2)3)20-8-18-13(19-20)14(15,16)17/h5-9H,4H2,1-3H3. The van der Waals surface area contributed by atoms with Gasteiger partial charge in [-0.25, -0.2) is 9.67 Å². The van der Waals surface area contributed by atoms with E-state index in [4.69, 9.17) is 0 Å². The monoisotopic (exact) mass is 283 g/mol. The van der Waals surface area contributed by atoms with Crippen LogP contribution in [0, 0.1) is 0 Å². The third-order valence-corrected chi connectivity index (χ3v) is 3.11. The van der Waals surface area contributed by atoms with Crippen molar-refractivity contribution in [3.8, 4) is 5.69 Å². The summed E-state index contributed by atoms with van der Waals surface area (Å²) in [6.45, 7) is 6.04. The van der Waals surface area contributed by atoms with Crippen LogP contribution >= 0.6 is 0 Å². The smallest absolute Gasteiger partial charge is 0.220 e. The Balaban J connectivity index is 2.49. The van der Waals surface area contributed by atoms with Crippen molar-refractivity contribution in [3.05, 3.63) is 41.5 Å². The number of aromatic nitrogens is 3. The molecular formula is C14H16F3N3. The second kappa shape index (κ2) is 5.26. The molecule has 3 nitrogen and oxygen atoms in total. The predicted octanol–water partition coefficient (Wildman–Crippen LogP) is 3.97. The maximum Gasteiger partial charge on any atom is 0.453 e. The quantitative estimate of drug-likeness (QED) is 0.853. The lowest BCUT2D eigenvalue weighted by atomic mass is 9.98. The number of hydrogen-bond acceptors (Lipinski definition) is 2. The summed E-state index contributed by atoms with van der Waals surface area (Å²) in [5, 5.41) is 3.53. The first-order chi connectivity index (χ1) is 9.32. The van der Waals surface area contributed by atoms with Gasteiger partial charge in [0.25, 0.3) is 5.82 Å². The molecule has 0 atom stereocenters. The maximum absolute atomic E-state index is 12.6. The van der Waals surface area contributed by atoms with Crippen LogP contribution in [0.25, 0.3) is 5.69 Å². The maximum atomic E-state index is 12.6. The summed E-state index contributed by atoms with van der Waals surface area (Å²) in [5.74, 6) is -0.929. The third-order valence-electron chi connectivity index (χ3n) is 3.11. The molecule has 1 heterocycles. The van der Waals surface area contributed by atoms with E-state index in [0.29, 0.717) is 5.69 Å². The van der Waals surface area contributed by atoms with Crippen LogP contribution in [0.1, 0.15) is 43.6 Å². The molecule has 0 N–H and O–H groups in total. The molecule has 1 aromatic heterocycles. The van der Waals surface area contributed by atoms with E-state index in [1.165, 1.54) is 4.68 Å². The molecule has 0 aliphatic rings. The Bertz CT molecular complexity index is 600. The normalized spacial score (nSPS) is 12.2. The number of rotatable bonds is 3. The van der Waals surface area contributed by atoms with E-state index in [1.54, 1.807) is 6.07 Å². The SMILES string of the molecule is CCc1ccc(-n2cnc(C(F)(F)F)n2)c(C(C)C)c1. The first-order valence-corrected chi connectivity index (χ1v) is 6.45. The summed E-state index contributed by atoms with van der Waals surface area (Å²) in [5.41, 5.74) is 2.75. The Morgan fingerprint density at radius 3 is 2.45 bits per heavy atom. The van der Waals surface area contributed by atoms with Gasteiger partial charge in [-0.1, -0.05) is 32.9 Å². The predicted molar refractivity (Wildman–Crippen MR) is 69.8 cm³/mol. The fraction of sp³-hybridized carbons (Fsp3) is 0.429. The molecule has 0 saturated heterocycles. The first-order valence-electron chi connectivity index (χ1n) is 6.45. The molecule has 0 aliphatic heterocycles. The summed E-state index contributed by atoms with van der Waals surface area (Å²) in [6, 6.07) is 5.70. The molecule has 20 heavy (non-hydrogen) atoms. The molecule has 0 unspecified atom stereocenters. The fourth-order valence-corrected chi connectivity index (χ4v) is 2.00. The van der Waals surface area contributed by atoms with E-state index in [1.807, 2.05) is 32.9 Å². The van der Waals surface area contributed by atoms with Crippen LogP contribution in [0.15, 0.2) is 24.5 Å². The van der Waals surface area contributed by atoms with Gasteiger partial charge in [-0.3, -0.25) is 0 Å². The Labute approximate surface area is 115 Å². The summed E-state index contributed by atoms with van der Waals surface area (Å²) < 4.78 is 38.9. The van der Waals surface area contributed by atoms with Crippen molar-refractivity contribution in [3.63, 3.8) is 0 Å². The minimum absolute atomic E-state index is 0.190. The van der Waals surface area contributed by atoms with E-state index < -0.39 is 12.0 Å². The number of hydrogen-bond donors (Lipinski definition) is 0. The number of alkyl halides is 3. The third kappa shape index (κ3) is 2.84. The van der Waals surface area contributed by atoms with Crippen LogP contribution in [-0.2, 0) is 12.6 Å². The topological polar surface area (TPSA) is 30.7 Å². The molecule has 2 aromatic rings. The second-order valence-corrected chi connectivity index (χ2v) is 4.91. The van der Waals surface area contributed by atoms with Crippen molar-refractivity contribution >= 4 is 0 Å². The van der Waals surface area contributed by atoms with Crippen LogP contribution in [0.3, 0.4) is 0 Å². The van der Waals surface area contributed by atoms with Crippen LogP contribution in [0.2, 0.25) is 0 Å². The second-order valence-electron chi connectivity index (χ2n) is 4.91. The van der Waals surface area contributed by atoms with Gasteiger partial charge < -0.3 is 0 Å². The van der Waals surface area contributed by atoms with Crippen LogP contribution in [-0.4, -0.2) is 14.8 Å².